The van der Waals surface area contributed by atoms with Crippen LogP contribution in [0.3, 0.4) is 0 Å². The van der Waals surface area contributed by atoms with Crippen LogP contribution in [0.25, 0.3) is 5.57 Å². The predicted molar refractivity (Wildman–Crippen MR) is 101 cm³/mol. The van der Waals surface area contributed by atoms with Gasteiger partial charge in [0, 0.05) is 26.8 Å². The van der Waals surface area contributed by atoms with Gasteiger partial charge in [0.05, 0.1) is 0 Å². The van der Waals surface area contributed by atoms with E-state index < -0.39 is 11.8 Å². The van der Waals surface area contributed by atoms with Gasteiger partial charge >= 0.3 is 0 Å². The van der Waals surface area contributed by atoms with Gasteiger partial charge < -0.3 is 10.0 Å². The third-order valence-corrected chi connectivity index (χ3v) is 3.72. The van der Waals surface area contributed by atoms with E-state index in [0.717, 1.165) is 5.56 Å². The monoisotopic (exact) mass is 357 g/mol. The summed E-state index contributed by atoms with van der Waals surface area (Å²) in [5.74, 6) is -0.884. The second kappa shape index (κ2) is 7.76. The molecule has 2 N–H and O–H groups in total. The highest BCUT2D eigenvalue weighted by Gasteiger charge is 2.32. The Morgan fingerprint density at radius 3 is 2.52 bits per heavy atom. The van der Waals surface area contributed by atoms with Gasteiger partial charge in [-0.1, -0.05) is 18.2 Å². The number of phenols is 1. The lowest BCUT2D eigenvalue weighted by molar-refractivity contribution is -0.128. The molecule has 0 bridgehead atoms. The minimum atomic E-state index is -0.543. The van der Waals surface area contributed by atoms with Crippen molar-refractivity contribution in [2.45, 2.75) is 0 Å². The normalized spacial score (nSPS) is 16.9. The number of allylic oxidation sites excluding steroid dienone is 2. The van der Waals surface area contributed by atoms with E-state index >= 15 is 0 Å². The number of carbonyl (C=O) groups is 2. The molecule has 130 valence electrons. The van der Waals surface area contributed by atoms with E-state index in [9.17, 15) is 14.7 Å². The van der Waals surface area contributed by atoms with E-state index in [4.69, 9.17) is 12.2 Å². The Morgan fingerprint density at radius 2 is 1.96 bits per heavy atom. The zero-order chi connectivity index (χ0) is 18.6. The molecule has 1 aliphatic rings. The quantitative estimate of drug-likeness (QED) is 0.363. The van der Waals surface area contributed by atoms with Gasteiger partial charge in [0.2, 0.25) is 0 Å². The summed E-state index contributed by atoms with van der Waals surface area (Å²) in [6.07, 6.45) is 4.84. The van der Waals surface area contributed by atoms with Crippen LogP contribution < -0.4 is 5.32 Å². The van der Waals surface area contributed by atoms with Crippen molar-refractivity contribution in [3.63, 3.8) is 0 Å². The first kappa shape index (κ1) is 18.4. The first-order chi connectivity index (χ1) is 11.8. The molecule has 1 aromatic rings. The third-order valence-electron chi connectivity index (χ3n) is 3.40. The lowest BCUT2D eigenvalue weighted by Crippen LogP contribution is -2.53. The van der Waals surface area contributed by atoms with E-state index in [2.05, 4.69) is 11.9 Å². The van der Waals surface area contributed by atoms with Crippen LogP contribution in [0.4, 0.5) is 0 Å². The van der Waals surface area contributed by atoms with Crippen LogP contribution in [0, 0.1) is 0 Å². The minimum absolute atomic E-state index is 0.0170. The summed E-state index contributed by atoms with van der Waals surface area (Å²) >= 11 is 5.04. The maximum absolute atomic E-state index is 12.6. The molecule has 0 radical (unpaired) electrons. The van der Waals surface area contributed by atoms with Crippen molar-refractivity contribution in [1.82, 2.24) is 15.1 Å². The van der Waals surface area contributed by atoms with Gasteiger partial charge in [0.1, 0.15) is 11.3 Å². The van der Waals surface area contributed by atoms with Gasteiger partial charge in [0.15, 0.2) is 5.11 Å². The van der Waals surface area contributed by atoms with Crippen LogP contribution >= 0.6 is 12.2 Å². The fourth-order valence-electron chi connectivity index (χ4n) is 2.27. The van der Waals surface area contributed by atoms with Gasteiger partial charge in [0.25, 0.3) is 11.8 Å². The van der Waals surface area contributed by atoms with Crippen molar-refractivity contribution < 1.29 is 14.7 Å². The summed E-state index contributed by atoms with van der Waals surface area (Å²) in [6, 6.07) is 6.50. The second-order valence-electron chi connectivity index (χ2n) is 5.62. The zero-order valence-electron chi connectivity index (χ0n) is 14.0. The van der Waals surface area contributed by atoms with Crippen LogP contribution in [0.5, 0.6) is 5.75 Å². The molecule has 2 rings (SSSR count). The summed E-state index contributed by atoms with van der Waals surface area (Å²) < 4.78 is 0. The van der Waals surface area contributed by atoms with Gasteiger partial charge in [-0.05, 0) is 41.6 Å². The first-order valence-corrected chi connectivity index (χ1v) is 7.91. The summed E-state index contributed by atoms with van der Waals surface area (Å²) in [5.41, 5.74) is 1.38. The largest absolute Gasteiger partial charge is 0.508 e. The van der Waals surface area contributed by atoms with Crippen molar-refractivity contribution in [2.24, 2.45) is 0 Å². The molecule has 0 atom stereocenters. The molecule has 0 aliphatic carbocycles. The number of thiocarbonyl (C=S) groups is 1. The Hall–Kier alpha value is -2.93. The number of hydrogen-bond acceptors (Lipinski definition) is 5. The fraction of sp³-hybridized carbons (Fsp3) is 0.167. The molecule has 0 spiro atoms. The van der Waals surface area contributed by atoms with Crippen molar-refractivity contribution in [1.29, 1.82) is 0 Å². The average molecular weight is 357 g/mol. The Balaban J connectivity index is 2.48. The van der Waals surface area contributed by atoms with Gasteiger partial charge in [-0.3, -0.25) is 19.8 Å². The van der Waals surface area contributed by atoms with E-state index in [-0.39, 0.29) is 23.0 Å². The molecule has 1 fully saturated rings. The van der Waals surface area contributed by atoms with Crippen molar-refractivity contribution in [3.05, 3.63) is 60.3 Å². The molecular formula is C18H19N3O3S. The summed E-state index contributed by atoms with van der Waals surface area (Å²) in [6.45, 7) is 3.81. The molecule has 1 aromatic carbocycles. The topological polar surface area (TPSA) is 72.9 Å². The molecule has 7 heteroatoms. The van der Waals surface area contributed by atoms with Crippen LogP contribution in [0.2, 0.25) is 0 Å². The number of aromatic hydroxyl groups is 1. The van der Waals surface area contributed by atoms with Crippen molar-refractivity contribution >= 4 is 34.7 Å². The molecule has 6 nitrogen and oxygen atoms in total. The molecular weight excluding hydrogens is 338 g/mol. The Kier molecular flexibility index (Phi) is 5.71. The molecule has 1 heterocycles. The molecule has 1 saturated heterocycles. The highest BCUT2D eigenvalue weighted by molar-refractivity contribution is 7.80. The van der Waals surface area contributed by atoms with Crippen LogP contribution in [-0.4, -0.2) is 52.5 Å². The smallest absolute Gasteiger partial charge is 0.265 e. The summed E-state index contributed by atoms with van der Waals surface area (Å²) in [5, 5.41) is 12.0. The standard InChI is InChI=1S/C18H19N3O3S/c1-4-9-21-17(24)15(16(23)19-18(21)25)10-13(11-20(2)3)12-5-7-14(22)8-6-12/h4-8,10-11,22H,1,9H2,2-3H3,(H,19,23,25). The highest BCUT2D eigenvalue weighted by atomic mass is 32.1. The Bertz CT molecular complexity index is 779. The number of phenolic OH excluding ortho intramolecular Hbond substituents is 1. The van der Waals surface area contributed by atoms with E-state index in [0.29, 0.717) is 5.57 Å². The average Bonchev–Trinajstić information content (AvgIpc) is 2.54. The lowest BCUT2D eigenvalue weighted by atomic mass is 10.0. The number of hydrogen-bond donors (Lipinski definition) is 2. The number of benzene rings is 1. The SMILES string of the molecule is C=CCN1C(=O)C(=CC(=CN(C)C)c2ccc(O)cc2)C(=O)NC1=S. The first-order valence-electron chi connectivity index (χ1n) is 7.51. The Labute approximate surface area is 151 Å². The molecule has 0 aromatic heterocycles. The van der Waals surface area contributed by atoms with E-state index in [1.165, 1.54) is 17.1 Å². The molecule has 1 aliphatic heterocycles. The molecule has 0 saturated carbocycles. The maximum atomic E-state index is 12.6. The molecule has 0 unspecified atom stereocenters. The number of nitrogens with zero attached hydrogens (tertiary/aromatic N) is 2. The highest BCUT2D eigenvalue weighted by Crippen LogP contribution is 2.22. The lowest BCUT2D eigenvalue weighted by Gasteiger charge is -2.28. The van der Waals surface area contributed by atoms with E-state index in [1.54, 1.807) is 35.4 Å². The van der Waals surface area contributed by atoms with Crippen LogP contribution in [0.1, 0.15) is 5.56 Å². The summed E-state index contributed by atoms with van der Waals surface area (Å²) in [7, 11) is 3.67. The number of nitrogens with one attached hydrogen (secondary N) is 1. The second-order valence-corrected chi connectivity index (χ2v) is 6.00. The van der Waals surface area contributed by atoms with Crippen molar-refractivity contribution in [3.8, 4) is 5.75 Å². The minimum Gasteiger partial charge on any atom is -0.508 e. The van der Waals surface area contributed by atoms with Gasteiger partial charge in [-0.25, -0.2) is 0 Å². The number of carbonyl (C=O) groups excluding carboxylic acids is 2. The maximum Gasteiger partial charge on any atom is 0.265 e. The van der Waals surface area contributed by atoms with Crippen LogP contribution in [0.15, 0.2) is 54.8 Å². The fourth-order valence-corrected chi connectivity index (χ4v) is 2.52. The van der Waals surface area contributed by atoms with Crippen molar-refractivity contribution in [2.75, 3.05) is 20.6 Å². The Morgan fingerprint density at radius 1 is 1.32 bits per heavy atom. The zero-order valence-corrected chi connectivity index (χ0v) is 14.8. The number of rotatable bonds is 5. The molecule has 2 amide bonds. The third kappa shape index (κ3) is 4.33. The van der Waals surface area contributed by atoms with Gasteiger partial charge in [-0.2, -0.15) is 0 Å². The predicted octanol–water partition coefficient (Wildman–Crippen LogP) is 1.65. The van der Waals surface area contributed by atoms with E-state index in [1.807, 2.05) is 14.1 Å². The van der Waals surface area contributed by atoms with Gasteiger partial charge in [-0.15, -0.1) is 6.58 Å². The van der Waals surface area contributed by atoms with Crippen LogP contribution in [-0.2, 0) is 9.59 Å². The number of amides is 2. The molecule has 25 heavy (non-hydrogen) atoms. The summed E-state index contributed by atoms with van der Waals surface area (Å²) in [4.78, 5) is 28.0.